The number of benzene rings is 1. The van der Waals surface area contributed by atoms with Crippen LogP contribution in [-0.4, -0.2) is 30.5 Å². The first-order chi connectivity index (χ1) is 9.79. The third-order valence-corrected chi connectivity index (χ3v) is 4.30. The van der Waals surface area contributed by atoms with Crippen molar-refractivity contribution in [1.29, 1.82) is 0 Å². The van der Waals surface area contributed by atoms with Gasteiger partial charge in [0.25, 0.3) is 11.6 Å². The van der Waals surface area contributed by atoms with Crippen LogP contribution in [0, 0.1) is 10.1 Å². The number of nitro groups is 1. The lowest BCUT2D eigenvalue weighted by molar-refractivity contribution is -0.387. The summed E-state index contributed by atoms with van der Waals surface area (Å²) in [4.78, 5) is 25.5. The number of nitro benzene ring substituents is 1. The number of nitrogens with zero attached hydrogens (tertiary/aromatic N) is 2. The molecule has 0 aliphatic rings. The fourth-order valence-corrected chi connectivity index (χ4v) is 2.92. The fraction of sp³-hybridized carbons (Fsp3) is 0.0909. The molecular weight excluding hydrogens is 318 g/mol. The molecule has 1 aromatic carbocycles. The minimum absolute atomic E-state index is 0.0238. The number of aromatic nitrogens is 1. The van der Waals surface area contributed by atoms with Crippen molar-refractivity contribution in [2.45, 2.75) is 4.90 Å². The van der Waals surface area contributed by atoms with Crippen LogP contribution >= 0.6 is 11.3 Å². The van der Waals surface area contributed by atoms with Crippen molar-refractivity contribution in [3.63, 3.8) is 0 Å². The second-order valence-electron chi connectivity index (χ2n) is 4.00. The van der Waals surface area contributed by atoms with E-state index in [0.717, 1.165) is 18.4 Å². The Hall–Kier alpha value is -2.33. The van der Waals surface area contributed by atoms with Crippen molar-refractivity contribution in [2.24, 2.45) is 0 Å². The number of nitrogens with one attached hydrogen (secondary N) is 1. The van der Waals surface area contributed by atoms with Gasteiger partial charge in [0, 0.05) is 29.5 Å². The molecule has 10 heteroatoms. The van der Waals surface area contributed by atoms with Gasteiger partial charge >= 0.3 is 0 Å². The molecule has 0 fully saturated rings. The molecule has 1 aromatic heterocycles. The number of thiazole rings is 1. The molecular formula is C11H9N3O5S2. The van der Waals surface area contributed by atoms with Gasteiger partial charge in [-0.15, -0.1) is 11.3 Å². The van der Waals surface area contributed by atoms with E-state index in [9.17, 15) is 23.3 Å². The topological polar surface area (TPSA) is 119 Å². The summed E-state index contributed by atoms with van der Waals surface area (Å²) in [6.07, 6.45) is 2.36. The lowest BCUT2D eigenvalue weighted by Gasteiger charge is -2.04. The van der Waals surface area contributed by atoms with E-state index < -0.39 is 31.3 Å². The molecule has 0 radical (unpaired) electrons. The van der Waals surface area contributed by atoms with Gasteiger partial charge in [-0.1, -0.05) is 0 Å². The second kappa shape index (κ2) is 5.58. The number of amides is 1. The lowest BCUT2D eigenvalue weighted by Crippen LogP contribution is -2.13. The molecule has 1 heterocycles. The van der Waals surface area contributed by atoms with Crippen LogP contribution in [0.4, 0.5) is 10.8 Å². The number of rotatable bonds is 4. The minimum atomic E-state index is -3.75. The molecule has 0 saturated heterocycles. The molecule has 2 aromatic rings. The summed E-state index contributed by atoms with van der Waals surface area (Å²) in [5.74, 6) is -0.604. The summed E-state index contributed by atoms with van der Waals surface area (Å²) in [7, 11) is -3.75. The van der Waals surface area contributed by atoms with Crippen LogP contribution in [0.2, 0.25) is 0 Å². The van der Waals surface area contributed by atoms with Crippen molar-refractivity contribution >= 4 is 37.9 Å². The van der Waals surface area contributed by atoms with Crippen LogP contribution in [0.5, 0.6) is 0 Å². The van der Waals surface area contributed by atoms with Crippen molar-refractivity contribution in [3.05, 3.63) is 45.5 Å². The fourth-order valence-electron chi connectivity index (χ4n) is 1.57. The maximum atomic E-state index is 11.9. The highest BCUT2D eigenvalue weighted by Gasteiger charge is 2.24. The summed E-state index contributed by atoms with van der Waals surface area (Å²) in [6.45, 7) is 0. The highest BCUT2D eigenvalue weighted by atomic mass is 32.2. The summed E-state index contributed by atoms with van der Waals surface area (Å²) in [6, 6.07) is 3.19. The van der Waals surface area contributed by atoms with E-state index >= 15 is 0 Å². The van der Waals surface area contributed by atoms with E-state index in [1.54, 1.807) is 5.38 Å². The Morgan fingerprint density at radius 3 is 2.67 bits per heavy atom. The zero-order valence-corrected chi connectivity index (χ0v) is 12.3. The van der Waals surface area contributed by atoms with Gasteiger partial charge in [-0.2, -0.15) is 0 Å². The Morgan fingerprint density at radius 1 is 1.43 bits per heavy atom. The second-order valence-corrected chi connectivity index (χ2v) is 6.88. The first-order valence-electron chi connectivity index (χ1n) is 5.48. The molecule has 0 spiro atoms. The maximum Gasteiger partial charge on any atom is 0.288 e. The van der Waals surface area contributed by atoms with Gasteiger partial charge in [0.05, 0.1) is 4.92 Å². The molecule has 110 valence electrons. The number of hydrogen-bond acceptors (Lipinski definition) is 7. The normalized spacial score (nSPS) is 11.1. The lowest BCUT2D eigenvalue weighted by atomic mass is 10.2. The van der Waals surface area contributed by atoms with Crippen molar-refractivity contribution < 1.29 is 18.1 Å². The zero-order chi connectivity index (χ0) is 15.6. The molecule has 8 nitrogen and oxygen atoms in total. The largest absolute Gasteiger partial charge is 0.298 e. The monoisotopic (exact) mass is 327 g/mol. The van der Waals surface area contributed by atoms with Gasteiger partial charge < -0.3 is 0 Å². The molecule has 0 atom stereocenters. The maximum absolute atomic E-state index is 11.9. The van der Waals surface area contributed by atoms with Crippen LogP contribution in [0.3, 0.4) is 0 Å². The minimum Gasteiger partial charge on any atom is -0.298 e. The number of anilines is 1. The molecule has 0 aliphatic carbocycles. The average Bonchev–Trinajstić information content (AvgIpc) is 2.89. The van der Waals surface area contributed by atoms with Crippen LogP contribution in [0.25, 0.3) is 0 Å². The van der Waals surface area contributed by atoms with Crippen LogP contribution in [0.15, 0.2) is 34.7 Å². The predicted octanol–water partition coefficient (Wildman–Crippen LogP) is 1.71. The third kappa shape index (κ3) is 3.41. The van der Waals surface area contributed by atoms with Crippen LogP contribution < -0.4 is 5.32 Å². The van der Waals surface area contributed by atoms with Gasteiger partial charge in [0.15, 0.2) is 15.0 Å². The van der Waals surface area contributed by atoms with E-state index in [2.05, 4.69) is 10.3 Å². The zero-order valence-electron chi connectivity index (χ0n) is 10.6. The molecule has 0 bridgehead atoms. The van der Waals surface area contributed by atoms with Crippen LogP contribution in [-0.2, 0) is 9.84 Å². The Balaban J connectivity index is 2.41. The van der Waals surface area contributed by atoms with Gasteiger partial charge in [-0.3, -0.25) is 20.2 Å². The number of hydrogen-bond donors (Lipinski definition) is 1. The quantitative estimate of drug-likeness (QED) is 0.674. The standard InChI is InChI=1S/C11H9N3O5S2/c1-21(18,19)9-3-2-7(6-8(9)14(16)17)10(15)13-11-12-4-5-20-11/h2-6H,1H3,(H,12,13,15). The van der Waals surface area contributed by atoms with Crippen LogP contribution in [0.1, 0.15) is 10.4 Å². The Kier molecular flexibility index (Phi) is 4.00. The Bertz CT molecular complexity index is 799. The Morgan fingerprint density at radius 2 is 2.14 bits per heavy atom. The molecule has 1 amide bonds. The molecule has 1 N–H and O–H groups in total. The van der Waals surface area contributed by atoms with Gasteiger partial charge in [0.2, 0.25) is 0 Å². The highest BCUT2D eigenvalue weighted by Crippen LogP contribution is 2.25. The molecule has 21 heavy (non-hydrogen) atoms. The molecule has 2 rings (SSSR count). The van der Waals surface area contributed by atoms with E-state index in [1.165, 1.54) is 23.6 Å². The van der Waals surface area contributed by atoms with E-state index in [0.29, 0.717) is 5.13 Å². The number of carbonyl (C=O) groups is 1. The summed E-state index contributed by atoms with van der Waals surface area (Å²) < 4.78 is 23.0. The first-order valence-corrected chi connectivity index (χ1v) is 8.25. The summed E-state index contributed by atoms with van der Waals surface area (Å²) >= 11 is 1.19. The third-order valence-electron chi connectivity index (χ3n) is 2.47. The van der Waals surface area contributed by atoms with Gasteiger partial charge in [0.1, 0.15) is 4.90 Å². The first kappa shape index (κ1) is 15.1. The summed E-state index contributed by atoms with van der Waals surface area (Å²) in [5.41, 5.74) is -0.659. The molecule has 0 aliphatic heterocycles. The highest BCUT2D eigenvalue weighted by molar-refractivity contribution is 7.90. The summed E-state index contributed by atoms with van der Waals surface area (Å²) in [5, 5.41) is 15.4. The average molecular weight is 327 g/mol. The SMILES string of the molecule is CS(=O)(=O)c1ccc(C(=O)Nc2nccs2)cc1[N+](=O)[O-]. The molecule has 0 saturated carbocycles. The van der Waals surface area contributed by atoms with Gasteiger partial charge in [-0.05, 0) is 12.1 Å². The predicted molar refractivity (Wildman–Crippen MR) is 76.3 cm³/mol. The van der Waals surface area contributed by atoms with Crippen molar-refractivity contribution in [1.82, 2.24) is 4.98 Å². The van der Waals surface area contributed by atoms with Crippen molar-refractivity contribution in [3.8, 4) is 0 Å². The van der Waals surface area contributed by atoms with E-state index in [4.69, 9.17) is 0 Å². The van der Waals surface area contributed by atoms with Crippen molar-refractivity contribution in [2.75, 3.05) is 11.6 Å². The number of sulfone groups is 1. The number of carbonyl (C=O) groups excluding carboxylic acids is 1. The van der Waals surface area contributed by atoms with E-state index in [-0.39, 0.29) is 5.56 Å². The molecule has 0 unspecified atom stereocenters. The van der Waals surface area contributed by atoms with E-state index in [1.807, 2.05) is 0 Å². The Labute approximate surface area is 123 Å². The van der Waals surface area contributed by atoms with Gasteiger partial charge in [-0.25, -0.2) is 13.4 Å². The smallest absolute Gasteiger partial charge is 0.288 e.